The highest BCUT2D eigenvalue weighted by Crippen LogP contribution is 2.41. The number of nitrogens with one attached hydrogen (secondary N) is 1. The second kappa shape index (κ2) is 11.0. The van der Waals surface area contributed by atoms with Crippen molar-refractivity contribution >= 4 is 55.3 Å². The van der Waals surface area contributed by atoms with Gasteiger partial charge in [-0.1, -0.05) is 49.6 Å². The number of aromatic nitrogens is 1. The number of hydrogen-bond acceptors (Lipinski definition) is 7. The molecule has 1 aromatic heterocycles. The summed E-state index contributed by atoms with van der Waals surface area (Å²) in [6.45, 7) is 2.67. The van der Waals surface area contributed by atoms with Crippen molar-refractivity contribution in [2.45, 2.75) is 37.6 Å². The molecule has 3 aromatic carbocycles. The summed E-state index contributed by atoms with van der Waals surface area (Å²) in [5, 5.41) is 31.8. The highest BCUT2D eigenvalue weighted by atomic mass is 35.5. The standard InChI is InChI=1S/C25H24ClN5O5S/c1-2-3-6-15-30-22-8-5-4-7-20(22)24(25(30)32)28-27-21-14-13-19(16-23(21)31(33)34)37(35,36)29-18-11-9-17(26)10-12-18/h4-5,7-14,16,29,32H,2-3,6,15H2,1H3. The van der Waals surface area contributed by atoms with Gasteiger partial charge in [-0.3, -0.25) is 14.8 Å². The molecule has 0 unspecified atom stereocenters. The highest BCUT2D eigenvalue weighted by molar-refractivity contribution is 7.92. The number of unbranched alkanes of at least 4 members (excludes halogenated alkanes) is 2. The topological polar surface area (TPSA) is 139 Å². The van der Waals surface area contributed by atoms with Crippen LogP contribution in [0.5, 0.6) is 5.88 Å². The molecular formula is C25H24ClN5O5S. The van der Waals surface area contributed by atoms with Crippen LogP contribution in [0.2, 0.25) is 5.02 Å². The Labute approximate surface area is 218 Å². The Balaban J connectivity index is 1.68. The third-order valence-corrected chi connectivity index (χ3v) is 7.34. The molecule has 4 aromatic rings. The van der Waals surface area contributed by atoms with Crippen molar-refractivity contribution in [3.63, 3.8) is 0 Å². The van der Waals surface area contributed by atoms with Crippen LogP contribution < -0.4 is 4.72 Å². The fourth-order valence-corrected chi connectivity index (χ4v) is 5.06. The van der Waals surface area contributed by atoms with Crippen molar-refractivity contribution < 1.29 is 18.4 Å². The lowest BCUT2D eigenvalue weighted by atomic mass is 10.2. The van der Waals surface area contributed by atoms with Crippen molar-refractivity contribution in [3.8, 4) is 5.88 Å². The number of para-hydroxylation sites is 1. The molecular weight excluding hydrogens is 518 g/mol. The zero-order chi connectivity index (χ0) is 26.6. The number of azo groups is 1. The van der Waals surface area contributed by atoms with Crippen LogP contribution in [-0.2, 0) is 16.6 Å². The molecule has 1 heterocycles. The summed E-state index contributed by atoms with van der Waals surface area (Å²) < 4.78 is 29.7. The van der Waals surface area contributed by atoms with Crippen molar-refractivity contribution in [2.24, 2.45) is 10.2 Å². The molecule has 10 nitrogen and oxygen atoms in total. The van der Waals surface area contributed by atoms with E-state index in [2.05, 4.69) is 21.9 Å². The minimum atomic E-state index is -4.12. The van der Waals surface area contributed by atoms with Gasteiger partial charge in [0.15, 0.2) is 11.4 Å². The van der Waals surface area contributed by atoms with Gasteiger partial charge in [0, 0.05) is 28.7 Å². The van der Waals surface area contributed by atoms with E-state index in [-0.39, 0.29) is 27.8 Å². The van der Waals surface area contributed by atoms with E-state index in [1.165, 1.54) is 36.4 Å². The van der Waals surface area contributed by atoms with E-state index in [0.29, 0.717) is 17.0 Å². The van der Waals surface area contributed by atoms with Crippen LogP contribution >= 0.6 is 11.6 Å². The summed E-state index contributed by atoms with van der Waals surface area (Å²) in [4.78, 5) is 10.7. The van der Waals surface area contributed by atoms with Crippen molar-refractivity contribution in [3.05, 3.63) is 81.9 Å². The number of nitro benzene ring substituents is 1. The van der Waals surface area contributed by atoms with Crippen LogP contribution in [0, 0.1) is 10.1 Å². The maximum Gasteiger partial charge on any atom is 0.298 e. The molecule has 0 amide bonds. The number of halogens is 1. The summed E-state index contributed by atoms with van der Waals surface area (Å²) in [6, 6.07) is 16.6. The molecule has 12 heteroatoms. The van der Waals surface area contributed by atoms with Crippen molar-refractivity contribution in [2.75, 3.05) is 4.72 Å². The van der Waals surface area contributed by atoms with Gasteiger partial charge in [0.1, 0.15) is 0 Å². The predicted octanol–water partition coefficient (Wildman–Crippen LogP) is 7.31. The van der Waals surface area contributed by atoms with E-state index in [4.69, 9.17) is 11.6 Å². The third-order valence-electron chi connectivity index (χ3n) is 5.71. The van der Waals surface area contributed by atoms with E-state index < -0.39 is 20.6 Å². The summed E-state index contributed by atoms with van der Waals surface area (Å²) in [5.74, 6) is -0.0879. The SMILES string of the molecule is CCCCCn1c(O)c(N=Nc2ccc(S(=O)(=O)Nc3ccc(Cl)cc3)cc2[N+](=O)[O-])c2ccccc21. The molecule has 0 radical (unpaired) electrons. The lowest BCUT2D eigenvalue weighted by Gasteiger charge is -2.08. The molecule has 4 rings (SSSR count). The first-order valence-corrected chi connectivity index (χ1v) is 13.4. The number of aryl methyl sites for hydroxylation is 1. The number of benzene rings is 3. The van der Waals surface area contributed by atoms with Crippen LogP contribution in [0.3, 0.4) is 0 Å². The van der Waals surface area contributed by atoms with Gasteiger partial charge in [0.2, 0.25) is 5.88 Å². The molecule has 2 N–H and O–H groups in total. The van der Waals surface area contributed by atoms with Crippen molar-refractivity contribution in [1.29, 1.82) is 0 Å². The van der Waals surface area contributed by atoms with E-state index in [1.54, 1.807) is 16.7 Å². The third kappa shape index (κ3) is 5.73. The summed E-state index contributed by atoms with van der Waals surface area (Å²) in [7, 11) is -4.12. The van der Waals surface area contributed by atoms with Crippen LogP contribution in [0.25, 0.3) is 10.9 Å². The molecule has 0 aliphatic rings. The first-order chi connectivity index (χ1) is 17.7. The molecule has 0 bridgehead atoms. The van der Waals surface area contributed by atoms with E-state index in [0.717, 1.165) is 30.8 Å². The molecule has 37 heavy (non-hydrogen) atoms. The van der Waals surface area contributed by atoms with E-state index in [1.807, 2.05) is 12.1 Å². The van der Waals surface area contributed by atoms with Gasteiger partial charge in [-0.05, 0) is 48.9 Å². The number of nitrogens with zero attached hydrogens (tertiary/aromatic N) is 4. The number of sulfonamides is 1. The summed E-state index contributed by atoms with van der Waals surface area (Å²) >= 11 is 5.83. The van der Waals surface area contributed by atoms with Gasteiger partial charge in [0.25, 0.3) is 15.7 Å². The van der Waals surface area contributed by atoms with Crippen LogP contribution in [-0.4, -0.2) is 23.0 Å². The molecule has 0 saturated heterocycles. The van der Waals surface area contributed by atoms with Crippen molar-refractivity contribution in [1.82, 2.24) is 4.57 Å². The first-order valence-electron chi connectivity index (χ1n) is 11.5. The molecule has 0 spiro atoms. The largest absolute Gasteiger partial charge is 0.493 e. The fraction of sp³-hybridized carbons (Fsp3) is 0.200. The fourth-order valence-electron chi connectivity index (χ4n) is 3.85. The van der Waals surface area contributed by atoms with Crippen LogP contribution in [0.1, 0.15) is 26.2 Å². The van der Waals surface area contributed by atoms with E-state index in [9.17, 15) is 23.6 Å². The maximum atomic E-state index is 12.8. The van der Waals surface area contributed by atoms with Gasteiger partial charge in [-0.25, -0.2) is 8.42 Å². The quantitative estimate of drug-likeness (QED) is 0.0936. The summed E-state index contributed by atoms with van der Waals surface area (Å²) in [6.07, 6.45) is 2.89. The molecule has 0 fully saturated rings. The normalized spacial score (nSPS) is 11.8. The smallest absolute Gasteiger partial charge is 0.298 e. The van der Waals surface area contributed by atoms with Crippen LogP contribution in [0.4, 0.5) is 22.7 Å². The number of fused-ring (bicyclic) bond motifs is 1. The number of rotatable bonds is 10. The maximum absolute atomic E-state index is 12.8. The molecule has 0 aliphatic carbocycles. The van der Waals surface area contributed by atoms with Gasteiger partial charge >= 0.3 is 0 Å². The highest BCUT2D eigenvalue weighted by Gasteiger charge is 2.23. The summed E-state index contributed by atoms with van der Waals surface area (Å²) in [5.41, 5.74) is 0.505. The average molecular weight is 542 g/mol. The minimum Gasteiger partial charge on any atom is -0.493 e. The minimum absolute atomic E-state index is 0.0879. The monoisotopic (exact) mass is 541 g/mol. The van der Waals surface area contributed by atoms with Gasteiger partial charge in [-0.15, -0.1) is 10.2 Å². The number of aromatic hydroxyl groups is 1. The van der Waals surface area contributed by atoms with E-state index >= 15 is 0 Å². The second-order valence-electron chi connectivity index (χ2n) is 8.27. The first kappa shape index (κ1) is 26.1. The van der Waals surface area contributed by atoms with Gasteiger partial charge < -0.3 is 9.67 Å². The van der Waals surface area contributed by atoms with Gasteiger partial charge in [-0.2, -0.15) is 0 Å². The number of anilines is 1. The number of nitro groups is 1. The lowest BCUT2D eigenvalue weighted by molar-refractivity contribution is -0.384. The van der Waals surface area contributed by atoms with Crippen LogP contribution in [0.15, 0.2) is 81.9 Å². The molecule has 0 aliphatic heterocycles. The van der Waals surface area contributed by atoms with Gasteiger partial charge in [0.05, 0.1) is 15.3 Å². The number of hydrogen-bond donors (Lipinski definition) is 2. The Morgan fingerprint density at radius 2 is 1.78 bits per heavy atom. The Bertz CT molecular complexity index is 1580. The zero-order valence-corrected chi connectivity index (χ0v) is 21.4. The second-order valence-corrected chi connectivity index (χ2v) is 10.4. The lowest BCUT2D eigenvalue weighted by Crippen LogP contribution is -2.13. The Morgan fingerprint density at radius 1 is 1.05 bits per heavy atom. The molecule has 192 valence electrons. The Morgan fingerprint density at radius 3 is 2.49 bits per heavy atom. The molecule has 0 atom stereocenters. The zero-order valence-electron chi connectivity index (χ0n) is 19.8. The Kier molecular flexibility index (Phi) is 7.74. The molecule has 0 saturated carbocycles. The predicted molar refractivity (Wildman–Crippen MR) is 143 cm³/mol. The Hall–Kier alpha value is -3.96. The average Bonchev–Trinajstić information content (AvgIpc) is 3.14.